The first-order valence-corrected chi connectivity index (χ1v) is 8.96. The Morgan fingerprint density at radius 3 is 2.75 bits per heavy atom. The number of carbonyl (C=O) groups excluding carboxylic acids is 1. The zero-order valence-electron chi connectivity index (χ0n) is 13.9. The van der Waals surface area contributed by atoms with Gasteiger partial charge in [0, 0.05) is 22.9 Å². The summed E-state index contributed by atoms with van der Waals surface area (Å²) in [5.41, 5.74) is 0.866. The lowest BCUT2D eigenvalue weighted by molar-refractivity contribution is -0.134. The molecule has 128 valence electrons. The number of rotatable bonds is 8. The maximum atomic E-state index is 12.2. The molecule has 6 heteroatoms. The van der Waals surface area contributed by atoms with Crippen LogP contribution in [-0.4, -0.2) is 22.3 Å². The van der Waals surface area contributed by atoms with Crippen molar-refractivity contribution >= 4 is 28.8 Å². The topological polar surface area (TPSA) is 42.4 Å². The smallest absolute Gasteiger partial charge is 0.225 e. The molecular formula is C18H21ClN2O2S. The Bertz CT molecular complexity index is 683. The number of halogens is 1. The summed E-state index contributed by atoms with van der Waals surface area (Å²) >= 11 is 7.38. The second kappa shape index (κ2) is 8.85. The molecule has 1 aromatic carbocycles. The maximum absolute atomic E-state index is 12.2. The molecule has 4 nitrogen and oxygen atoms in total. The van der Waals surface area contributed by atoms with Crippen LogP contribution in [0.3, 0.4) is 0 Å². The Morgan fingerprint density at radius 2 is 2.12 bits per heavy atom. The molecule has 0 aliphatic heterocycles. The number of aromatic nitrogens is 1. The molecule has 0 saturated carbocycles. The van der Waals surface area contributed by atoms with Crippen molar-refractivity contribution in [3.8, 4) is 5.75 Å². The summed E-state index contributed by atoms with van der Waals surface area (Å²) in [5, 5.41) is 3.51. The first kappa shape index (κ1) is 18.5. The number of thiazole rings is 1. The zero-order valence-corrected chi connectivity index (χ0v) is 15.4. The van der Waals surface area contributed by atoms with Gasteiger partial charge >= 0.3 is 0 Å². The number of hydrogen-bond acceptors (Lipinski definition) is 4. The molecule has 1 amide bonds. The molecule has 0 spiro atoms. The highest BCUT2D eigenvalue weighted by molar-refractivity contribution is 7.09. The van der Waals surface area contributed by atoms with Gasteiger partial charge in [-0.05, 0) is 24.3 Å². The fourth-order valence-electron chi connectivity index (χ4n) is 2.11. The fourth-order valence-corrected chi connectivity index (χ4v) is 2.93. The number of amides is 1. The Balaban J connectivity index is 1.94. The third-order valence-corrected chi connectivity index (χ3v) is 4.41. The van der Waals surface area contributed by atoms with Gasteiger partial charge in [0.25, 0.3) is 0 Å². The minimum atomic E-state index is -0.0451. The van der Waals surface area contributed by atoms with E-state index in [-0.39, 0.29) is 11.8 Å². The number of hydrogen-bond donors (Lipinski definition) is 0. The van der Waals surface area contributed by atoms with Crippen molar-refractivity contribution in [2.45, 2.75) is 27.0 Å². The van der Waals surface area contributed by atoms with Crippen molar-refractivity contribution < 1.29 is 9.53 Å². The standard InChI is InChI=1S/C18H21ClN2O2S/c1-4-9-21(18(22)13(2)3)10-15-12-24-17(20-15)11-23-16-7-5-14(19)6-8-16/h4-8,12-13H,1,9-11H2,2-3H3. The molecule has 24 heavy (non-hydrogen) atoms. The van der Waals surface area contributed by atoms with E-state index in [0.717, 1.165) is 16.5 Å². The van der Waals surface area contributed by atoms with Gasteiger partial charge in [0.2, 0.25) is 5.91 Å². The number of carbonyl (C=O) groups is 1. The highest BCUT2D eigenvalue weighted by Gasteiger charge is 2.17. The molecule has 2 rings (SSSR count). The van der Waals surface area contributed by atoms with Crippen molar-refractivity contribution in [3.05, 3.63) is 58.0 Å². The quantitative estimate of drug-likeness (QED) is 0.645. The Labute approximate surface area is 151 Å². The van der Waals surface area contributed by atoms with Crippen LogP contribution in [0.5, 0.6) is 5.75 Å². The molecule has 0 unspecified atom stereocenters. The summed E-state index contributed by atoms with van der Waals surface area (Å²) in [6.07, 6.45) is 1.73. The highest BCUT2D eigenvalue weighted by Crippen LogP contribution is 2.19. The van der Waals surface area contributed by atoms with Gasteiger partial charge in [-0.2, -0.15) is 0 Å². The molecule has 1 aromatic heterocycles. The Morgan fingerprint density at radius 1 is 1.42 bits per heavy atom. The van der Waals surface area contributed by atoms with E-state index in [1.165, 1.54) is 11.3 Å². The molecule has 0 atom stereocenters. The average Bonchev–Trinajstić information content (AvgIpc) is 3.00. The monoisotopic (exact) mass is 364 g/mol. The summed E-state index contributed by atoms with van der Waals surface area (Å²) < 4.78 is 5.69. The van der Waals surface area contributed by atoms with Crippen LogP contribution >= 0.6 is 22.9 Å². The van der Waals surface area contributed by atoms with Gasteiger partial charge in [-0.25, -0.2) is 4.98 Å². The van der Waals surface area contributed by atoms with E-state index >= 15 is 0 Å². The minimum Gasteiger partial charge on any atom is -0.486 e. The van der Waals surface area contributed by atoms with Gasteiger partial charge in [0.15, 0.2) is 0 Å². The van der Waals surface area contributed by atoms with Crippen molar-refractivity contribution in [2.24, 2.45) is 5.92 Å². The molecule has 0 radical (unpaired) electrons. The highest BCUT2D eigenvalue weighted by atomic mass is 35.5. The third kappa shape index (κ3) is 5.35. The van der Waals surface area contributed by atoms with Gasteiger partial charge in [0.05, 0.1) is 12.2 Å². The number of nitrogens with zero attached hydrogens (tertiary/aromatic N) is 2. The summed E-state index contributed by atoms with van der Waals surface area (Å²) in [6.45, 7) is 8.90. The van der Waals surface area contributed by atoms with Crippen molar-refractivity contribution in [2.75, 3.05) is 6.54 Å². The average molecular weight is 365 g/mol. The molecular weight excluding hydrogens is 344 g/mol. The van der Waals surface area contributed by atoms with E-state index in [1.807, 2.05) is 31.4 Å². The minimum absolute atomic E-state index is 0.0451. The maximum Gasteiger partial charge on any atom is 0.225 e. The summed E-state index contributed by atoms with van der Waals surface area (Å²) in [7, 11) is 0. The van der Waals surface area contributed by atoms with Crippen molar-refractivity contribution in [1.29, 1.82) is 0 Å². The molecule has 0 bridgehead atoms. The van der Waals surface area contributed by atoms with E-state index in [0.29, 0.717) is 24.7 Å². The van der Waals surface area contributed by atoms with Crippen molar-refractivity contribution in [3.63, 3.8) is 0 Å². The van der Waals surface area contributed by atoms with Crippen LogP contribution in [0.15, 0.2) is 42.3 Å². The molecule has 0 N–H and O–H groups in total. The predicted molar refractivity (Wildman–Crippen MR) is 98.4 cm³/mol. The molecule has 0 fully saturated rings. The second-order valence-electron chi connectivity index (χ2n) is 5.64. The molecule has 0 aliphatic rings. The molecule has 1 heterocycles. The van der Waals surface area contributed by atoms with E-state index < -0.39 is 0 Å². The van der Waals surface area contributed by atoms with Crippen LogP contribution in [0.25, 0.3) is 0 Å². The second-order valence-corrected chi connectivity index (χ2v) is 7.02. The summed E-state index contributed by atoms with van der Waals surface area (Å²) in [5.74, 6) is 0.803. The van der Waals surface area contributed by atoms with Gasteiger partial charge < -0.3 is 9.64 Å². The normalized spacial score (nSPS) is 10.7. The fraction of sp³-hybridized carbons (Fsp3) is 0.333. The first-order chi connectivity index (χ1) is 11.5. The van der Waals surface area contributed by atoms with E-state index in [1.54, 1.807) is 23.1 Å². The lowest BCUT2D eigenvalue weighted by Crippen LogP contribution is -2.34. The Hall–Kier alpha value is -1.85. The molecule has 2 aromatic rings. The van der Waals surface area contributed by atoms with Gasteiger partial charge in [-0.1, -0.05) is 31.5 Å². The van der Waals surface area contributed by atoms with Crippen LogP contribution in [0.2, 0.25) is 5.02 Å². The Kier molecular flexibility index (Phi) is 6.82. The third-order valence-electron chi connectivity index (χ3n) is 3.28. The van der Waals surface area contributed by atoms with Gasteiger partial charge in [-0.3, -0.25) is 4.79 Å². The summed E-state index contributed by atoms with van der Waals surface area (Å²) in [6, 6.07) is 7.22. The number of ether oxygens (including phenoxy) is 1. The summed E-state index contributed by atoms with van der Waals surface area (Å²) in [4.78, 5) is 18.5. The molecule has 0 aliphatic carbocycles. The van der Waals surface area contributed by atoms with Crippen LogP contribution in [0, 0.1) is 5.92 Å². The van der Waals surface area contributed by atoms with E-state index in [9.17, 15) is 4.79 Å². The van der Waals surface area contributed by atoms with Crippen LogP contribution in [0.4, 0.5) is 0 Å². The van der Waals surface area contributed by atoms with Gasteiger partial charge in [0.1, 0.15) is 17.4 Å². The van der Waals surface area contributed by atoms with Crippen LogP contribution in [-0.2, 0) is 17.9 Å². The molecule has 0 saturated heterocycles. The lowest BCUT2D eigenvalue weighted by atomic mass is 10.2. The van der Waals surface area contributed by atoms with Crippen LogP contribution in [0.1, 0.15) is 24.5 Å². The predicted octanol–water partition coefficient (Wildman–Crippen LogP) is 4.55. The van der Waals surface area contributed by atoms with E-state index in [4.69, 9.17) is 16.3 Å². The number of benzene rings is 1. The van der Waals surface area contributed by atoms with Gasteiger partial charge in [-0.15, -0.1) is 17.9 Å². The van der Waals surface area contributed by atoms with Crippen LogP contribution < -0.4 is 4.74 Å². The zero-order chi connectivity index (χ0) is 17.5. The SMILES string of the molecule is C=CCN(Cc1csc(COc2ccc(Cl)cc2)n1)C(=O)C(C)C. The van der Waals surface area contributed by atoms with E-state index in [2.05, 4.69) is 11.6 Å². The lowest BCUT2D eigenvalue weighted by Gasteiger charge is -2.22. The van der Waals surface area contributed by atoms with Crippen molar-refractivity contribution in [1.82, 2.24) is 9.88 Å². The first-order valence-electron chi connectivity index (χ1n) is 7.71. The largest absolute Gasteiger partial charge is 0.486 e.